The lowest BCUT2D eigenvalue weighted by Crippen LogP contribution is -2.46. The van der Waals surface area contributed by atoms with E-state index in [-0.39, 0.29) is 46.6 Å². The van der Waals surface area contributed by atoms with Crippen molar-refractivity contribution in [3.05, 3.63) is 42.4 Å². The molecule has 2 aliphatic heterocycles. The van der Waals surface area contributed by atoms with Crippen molar-refractivity contribution < 1.29 is 17.9 Å². The molecule has 3 aliphatic rings. The maximum atomic E-state index is 13.1. The first-order chi connectivity index (χ1) is 19.3. The third-order valence-electron chi connectivity index (χ3n) is 8.40. The summed E-state index contributed by atoms with van der Waals surface area (Å²) in [5.74, 6) is 0.411. The van der Waals surface area contributed by atoms with Crippen LogP contribution in [0.5, 0.6) is 5.88 Å². The molecule has 7 rings (SSSR count). The predicted octanol–water partition coefficient (Wildman–Crippen LogP) is 2.38. The Bertz CT molecular complexity index is 1680. The number of nitrogens with one attached hydrogen (secondary N) is 1. The average Bonchev–Trinajstić information content (AvgIpc) is 3.64. The second-order valence-corrected chi connectivity index (χ2v) is 12.9. The zero-order chi connectivity index (χ0) is 27.6. The van der Waals surface area contributed by atoms with Gasteiger partial charge in [0.15, 0.2) is 15.5 Å². The fourth-order valence-corrected chi connectivity index (χ4v) is 7.37. The third kappa shape index (κ3) is 4.08. The monoisotopic (exact) mass is 563 g/mol. The molecule has 1 aliphatic carbocycles. The molecule has 4 aromatic rings. The van der Waals surface area contributed by atoms with Crippen LogP contribution in [0.2, 0.25) is 0 Å². The summed E-state index contributed by atoms with van der Waals surface area (Å²) in [6.07, 6.45) is 12.1. The second kappa shape index (κ2) is 9.25. The lowest BCUT2D eigenvalue weighted by atomic mass is 9.87. The summed E-state index contributed by atoms with van der Waals surface area (Å²) < 4.78 is 33.3. The Kier molecular flexibility index (Phi) is 5.77. The van der Waals surface area contributed by atoms with Gasteiger partial charge in [0, 0.05) is 47.6 Å². The van der Waals surface area contributed by atoms with E-state index in [0.717, 1.165) is 37.5 Å². The highest BCUT2D eigenvalue weighted by Crippen LogP contribution is 2.45. The van der Waals surface area contributed by atoms with Crippen LogP contribution in [0.3, 0.4) is 0 Å². The van der Waals surface area contributed by atoms with Gasteiger partial charge in [0.25, 0.3) is 5.91 Å². The highest BCUT2D eigenvalue weighted by atomic mass is 32.2. The summed E-state index contributed by atoms with van der Waals surface area (Å²) in [6, 6.07) is 3.59. The number of carbonyl (C=O) groups excluding carboxylic acids is 1. The molecule has 0 radical (unpaired) electrons. The van der Waals surface area contributed by atoms with Gasteiger partial charge in [-0.15, -0.1) is 10.2 Å². The van der Waals surface area contributed by atoms with Gasteiger partial charge in [0.1, 0.15) is 23.1 Å². The van der Waals surface area contributed by atoms with Crippen LogP contribution in [0.1, 0.15) is 67.2 Å². The van der Waals surface area contributed by atoms with Crippen LogP contribution >= 0.6 is 0 Å². The highest BCUT2D eigenvalue weighted by Gasteiger charge is 2.46. The quantitative estimate of drug-likeness (QED) is 0.354. The third-order valence-corrected chi connectivity index (χ3v) is 9.55. The number of ether oxygens (including phenoxy) is 1. The number of rotatable bonds is 6. The predicted molar refractivity (Wildman–Crippen MR) is 143 cm³/mol. The van der Waals surface area contributed by atoms with E-state index in [9.17, 15) is 13.2 Å². The van der Waals surface area contributed by atoms with Gasteiger partial charge in [-0.2, -0.15) is 9.61 Å². The number of piperidine rings is 1. The molecule has 0 aromatic carbocycles. The summed E-state index contributed by atoms with van der Waals surface area (Å²) in [7, 11) is -3.74. The lowest BCUT2D eigenvalue weighted by Gasteiger charge is -2.38. The van der Waals surface area contributed by atoms with Gasteiger partial charge in [0.2, 0.25) is 11.7 Å². The number of aromatic nitrogens is 7. The molecule has 40 heavy (non-hydrogen) atoms. The molecule has 3 atom stereocenters. The number of anilines is 1. The molecule has 2 saturated heterocycles. The van der Waals surface area contributed by atoms with Gasteiger partial charge in [-0.25, -0.2) is 18.4 Å². The van der Waals surface area contributed by atoms with E-state index in [2.05, 4.69) is 25.3 Å². The Balaban J connectivity index is 1.26. The SMILES string of the molecule is CS(=O)(=O)c1c([C@@H]2C[C@H]3CC[C@@H](C2)N3C(=O)c2nnc[nH]2)nc2c(-c3ccc(OC4CCC4)nc3)cnn2c1N. The molecule has 4 aromatic heterocycles. The Morgan fingerprint density at radius 3 is 2.50 bits per heavy atom. The van der Waals surface area contributed by atoms with Crippen LogP contribution in [0.15, 0.2) is 35.7 Å². The van der Waals surface area contributed by atoms with E-state index in [0.29, 0.717) is 35.6 Å². The molecule has 3 fully saturated rings. The summed E-state index contributed by atoms with van der Waals surface area (Å²) >= 11 is 0. The summed E-state index contributed by atoms with van der Waals surface area (Å²) in [5, 5.41) is 12.0. The Labute approximate surface area is 230 Å². The number of nitrogen functional groups attached to an aromatic ring is 1. The number of sulfone groups is 1. The fraction of sp³-hybridized carbons (Fsp3) is 0.462. The fourth-order valence-electron chi connectivity index (χ4n) is 6.31. The molecule has 1 saturated carbocycles. The number of hydrogen-bond donors (Lipinski definition) is 2. The average molecular weight is 564 g/mol. The highest BCUT2D eigenvalue weighted by molar-refractivity contribution is 7.91. The summed E-state index contributed by atoms with van der Waals surface area (Å²) in [4.78, 5) is 27.2. The van der Waals surface area contributed by atoms with Crippen LogP contribution in [0.4, 0.5) is 5.82 Å². The number of carbonyl (C=O) groups is 1. The Hall–Kier alpha value is -4.07. The molecule has 2 bridgehead atoms. The number of amides is 1. The van der Waals surface area contributed by atoms with Crippen LogP contribution in [-0.4, -0.2) is 78.4 Å². The summed E-state index contributed by atoms with van der Waals surface area (Å²) in [5.41, 5.74) is 8.84. The molecule has 1 amide bonds. The van der Waals surface area contributed by atoms with Crippen molar-refractivity contribution in [1.29, 1.82) is 0 Å². The van der Waals surface area contributed by atoms with Crippen LogP contribution in [-0.2, 0) is 9.84 Å². The minimum Gasteiger partial charge on any atom is -0.474 e. The van der Waals surface area contributed by atoms with Gasteiger partial charge in [-0.3, -0.25) is 4.79 Å². The zero-order valence-corrected chi connectivity index (χ0v) is 22.7. The standard InChI is InChI=1S/C26H29N9O4S/c1-40(37,38)22-21(15-9-16-6-7-17(10-15)34(16)26(36)24-29-13-30-33-24)32-25-19(12-31-35(25)23(22)27)14-5-8-20(28-11-14)39-18-3-2-4-18/h5,8,11-13,15-18H,2-4,6-7,9-10,27H2,1H3,(H,29,30,33)/t15-,16-,17+. The van der Waals surface area contributed by atoms with Gasteiger partial charge in [-0.05, 0) is 51.0 Å². The number of fused-ring (bicyclic) bond motifs is 3. The second-order valence-electron chi connectivity index (χ2n) is 10.9. The van der Waals surface area contributed by atoms with Crippen LogP contribution in [0, 0.1) is 0 Å². The van der Waals surface area contributed by atoms with Crippen LogP contribution < -0.4 is 10.5 Å². The number of H-pyrrole nitrogens is 1. The van der Waals surface area contributed by atoms with E-state index in [1.54, 1.807) is 12.4 Å². The molecule has 0 spiro atoms. The van der Waals surface area contributed by atoms with E-state index in [1.807, 2.05) is 17.0 Å². The smallest absolute Gasteiger partial charge is 0.292 e. The minimum absolute atomic E-state index is 0.00330. The van der Waals surface area contributed by atoms with Gasteiger partial charge >= 0.3 is 0 Å². The molecule has 13 nitrogen and oxygen atoms in total. The Morgan fingerprint density at radius 1 is 1.12 bits per heavy atom. The summed E-state index contributed by atoms with van der Waals surface area (Å²) in [6.45, 7) is 0. The van der Waals surface area contributed by atoms with E-state index >= 15 is 0 Å². The first-order valence-electron chi connectivity index (χ1n) is 13.5. The topological polar surface area (TPSA) is 174 Å². The van der Waals surface area contributed by atoms with Crippen molar-refractivity contribution in [2.24, 2.45) is 0 Å². The van der Waals surface area contributed by atoms with Crippen molar-refractivity contribution in [2.45, 2.75) is 73.9 Å². The normalized spacial score (nSPS) is 22.9. The van der Waals surface area contributed by atoms with Gasteiger partial charge in [0.05, 0.1) is 11.9 Å². The maximum absolute atomic E-state index is 13.1. The molecular weight excluding hydrogens is 534 g/mol. The van der Waals surface area contributed by atoms with Gasteiger partial charge in [-0.1, -0.05) is 0 Å². The molecule has 3 N–H and O–H groups in total. The number of nitrogens with two attached hydrogens (primary N) is 1. The molecule has 6 heterocycles. The molecular formula is C26H29N9O4S. The minimum atomic E-state index is -3.74. The zero-order valence-electron chi connectivity index (χ0n) is 21.9. The maximum Gasteiger partial charge on any atom is 0.292 e. The number of pyridine rings is 1. The number of hydrogen-bond acceptors (Lipinski definition) is 10. The molecule has 14 heteroatoms. The first-order valence-corrected chi connectivity index (χ1v) is 15.4. The van der Waals surface area contributed by atoms with Crippen molar-refractivity contribution in [3.8, 4) is 17.0 Å². The molecule has 208 valence electrons. The van der Waals surface area contributed by atoms with Crippen molar-refractivity contribution in [1.82, 2.24) is 39.7 Å². The van der Waals surface area contributed by atoms with Crippen molar-refractivity contribution in [2.75, 3.05) is 12.0 Å². The van der Waals surface area contributed by atoms with E-state index in [4.69, 9.17) is 15.5 Å². The van der Waals surface area contributed by atoms with Crippen LogP contribution in [0.25, 0.3) is 16.8 Å². The van der Waals surface area contributed by atoms with E-state index in [1.165, 1.54) is 17.3 Å². The Morgan fingerprint density at radius 2 is 1.90 bits per heavy atom. The molecule has 0 unspecified atom stereocenters. The van der Waals surface area contributed by atoms with E-state index < -0.39 is 9.84 Å². The number of aromatic amines is 1. The first kappa shape index (κ1) is 24.9. The largest absolute Gasteiger partial charge is 0.474 e. The van der Waals surface area contributed by atoms with Crippen molar-refractivity contribution >= 4 is 27.2 Å². The lowest BCUT2D eigenvalue weighted by molar-refractivity contribution is 0.0556. The number of nitrogens with zero attached hydrogens (tertiary/aromatic N) is 7. The van der Waals surface area contributed by atoms with Crippen molar-refractivity contribution in [3.63, 3.8) is 0 Å². The van der Waals surface area contributed by atoms with Gasteiger partial charge < -0.3 is 20.4 Å².